The summed E-state index contributed by atoms with van der Waals surface area (Å²) in [6.07, 6.45) is 0. The Hall–Kier alpha value is -3.50. The summed E-state index contributed by atoms with van der Waals surface area (Å²) in [5.74, 6) is -1.20. The number of hydrogen-bond acceptors (Lipinski definition) is 6. The van der Waals surface area contributed by atoms with E-state index in [2.05, 4.69) is 10.2 Å². The van der Waals surface area contributed by atoms with E-state index in [1.165, 1.54) is 37.3 Å². The second-order valence-electron chi connectivity index (χ2n) is 8.13. The molecule has 0 atom stereocenters. The molecule has 188 valence electrons. The fourth-order valence-corrected chi connectivity index (χ4v) is 3.81. The number of amides is 3. The Morgan fingerprint density at radius 2 is 1.71 bits per heavy atom. The van der Waals surface area contributed by atoms with Crippen LogP contribution in [0.25, 0.3) is 0 Å². The maximum atomic E-state index is 13.4. The molecule has 1 aliphatic heterocycles. The van der Waals surface area contributed by atoms with Crippen molar-refractivity contribution in [2.45, 2.75) is 0 Å². The van der Waals surface area contributed by atoms with E-state index in [9.17, 15) is 18.8 Å². The third kappa shape index (κ3) is 7.49. The van der Waals surface area contributed by atoms with E-state index in [4.69, 9.17) is 9.47 Å². The summed E-state index contributed by atoms with van der Waals surface area (Å²) in [5, 5.41) is 2.80. The van der Waals surface area contributed by atoms with Crippen LogP contribution < -0.4 is 10.2 Å². The lowest BCUT2D eigenvalue weighted by atomic mass is 10.1. The van der Waals surface area contributed by atoms with Gasteiger partial charge in [0.05, 0.1) is 6.61 Å². The summed E-state index contributed by atoms with van der Waals surface area (Å²) in [4.78, 5) is 42.5. The molecule has 0 radical (unpaired) electrons. The van der Waals surface area contributed by atoms with Crippen LogP contribution in [-0.2, 0) is 19.1 Å². The smallest absolute Gasteiger partial charge is 0.254 e. The zero-order valence-corrected chi connectivity index (χ0v) is 20.0. The Balaban J connectivity index is 1.51. The van der Waals surface area contributed by atoms with Gasteiger partial charge in [-0.05, 0) is 42.5 Å². The lowest BCUT2D eigenvalue weighted by Gasteiger charge is -2.36. The van der Waals surface area contributed by atoms with Crippen LogP contribution in [0.3, 0.4) is 0 Å². The number of nitrogens with one attached hydrogen (secondary N) is 1. The Bertz CT molecular complexity index is 1010. The van der Waals surface area contributed by atoms with E-state index in [1.54, 1.807) is 23.1 Å². The molecule has 0 spiro atoms. The standard InChI is InChI=1S/C25H31FN4O5/c1-34-15-14-30(24(32)18-35-2)17-23(31)27-21-6-8-22(9-7-21)28-10-12-29(13-11-28)25(33)19-4-3-5-20(26)16-19/h3-9,16H,10-15,17-18H2,1-2H3,(H,27,31). The van der Waals surface area contributed by atoms with Crippen molar-refractivity contribution < 1.29 is 28.2 Å². The summed E-state index contributed by atoms with van der Waals surface area (Å²) < 4.78 is 23.3. The normalized spacial score (nSPS) is 13.5. The highest BCUT2D eigenvalue weighted by Gasteiger charge is 2.23. The van der Waals surface area contributed by atoms with Gasteiger partial charge in [-0.15, -0.1) is 0 Å². The van der Waals surface area contributed by atoms with Crippen LogP contribution in [0.5, 0.6) is 0 Å². The molecule has 0 bridgehead atoms. The van der Waals surface area contributed by atoms with Crippen molar-refractivity contribution in [2.75, 3.05) is 76.9 Å². The number of hydrogen-bond donors (Lipinski definition) is 1. The van der Waals surface area contributed by atoms with Gasteiger partial charge in [-0.1, -0.05) is 6.07 Å². The molecule has 9 nitrogen and oxygen atoms in total. The Morgan fingerprint density at radius 3 is 2.34 bits per heavy atom. The van der Waals surface area contributed by atoms with Gasteiger partial charge in [-0.25, -0.2) is 4.39 Å². The average molecular weight is 487 g/mol. The molecule has 0 aromatic heterocycles. The first-order chi connectivity index (χ1) is 16.9. The quantitative estimate of drug-likeness (QED) is 0.551. The SMILES string of the molecule is COCCN(CC(=O)Nc1ccc(N2CCN(C(=O)c3cccc(F)c3)CC2)cc1)C(=O)COC. The van der Waals surface area contributed by atoms with E-state index in [1.807, 2.05) is 12.1 Å². The Morgan fingerprint density at radius 1 is 1.00 bits per heavy atom. The van der Waals surface area contributed by atoms with E-state index < -0.39 is 5.82 Å². The Kier molecular flexibility index (Phi) is 9.56. The van der Waals surface area contributed by atoms with E-state index in [0.29, 0.717) is 50.6 Å². The van der Waals surface area contributed by atoms with Crippen molar-refractivity contribution in [1.82, 2.24) is 9.80 Å². The van der Waals surface area contributed by atoms with Crippen molar-refractivity contribution in [3.05, 3.63) is 59.9 Å². The van der Waals surface area contributed by atoms with Gasteiger partial charge in [0.15, 0.2) is 0 Å². The van der Waals surface area contributed by atoms with Crippen LogP contribution in [0, 0.1) is 5.82 Å². The lowest BCUT2D eigenvalue weighted by molar-refractivity contribution is -0.138. The van der Waals surface area contributed by atoms with Gasteiger partial charge in [0, 0.05) is 63.9 Å². The van der Waals surface area contributed by atoms with Crippen molar-refractivity contribution in [1.29, 1.82) is 0 Å². The van der Waals surface area contributed by atoms with Crippen LogP contribution >= 0.6 is 0 Å². The molecule has 0 saturated carbocycles. The second-order valence-corrected chi connectivity index (χ2v) is 8.13. The maximum Gasteiger partial charge on any atom is 0.254 e. The van der Waals surface area contributed by atoms with Gasteiger partial charge in [0.25, 0.3) is 5.91 Å². The summed E-state index contributed by atoms with van der Waals surface area (Å²) in [5.41, 5.74) is 1.94. The highest BCUT2D eigenvalue weighted by molar-refractivity contribution is 5.95. The topological polar surface area (TPSA) is 91.4 Å². The van der Waals surface area contributed by atoms with Crippen molar-refractivity contribution in [2.24, 2.45) is 0 Å². The molecule has 0 unspecified atom stereocenters. The first-order valence-electron chi connectivity index (χ1n) is 11.4. The van der Waals surface area contributed by atoms with Crippen LogP contribution in [-0.4, -0.2) is 94.2 Å². The number of carbonyl (C=O) groups is 3. The minimum atomic E-state index is -0.425. The zero-order chi connectivity index (χ0) is 25.2. The van der Waals surface area contributed by atoms with E-state index in [-0.39, 0.29) is 30.9 Å². The number of rotatable bonds is 10. The molecule has 0 aliphatic carbocycles. The number of halogens is 1. The third-order valence-corrected chi connectivity index (χ3v) is 5.67. The zero-order valence-electron chi connectivity index (χ0n) is 20.0. The summed E-state index contributed by atoms with van der Waals surface area (Å²) in [7, 11) is 2.96. The van der Waals surface area contributed by atoms with Gasteiger partial charge in [-0.3, -0.25) is 14.4 Å². The first-order valence-corrected chi connectivity index (χ1v) is 11.4. The number of methoxy groups -OCH3 is 2. The Labute approximate surface area is 204 Å². The highest BCUT2D eigenvalue weighted by atomic mass is 19.1. The minimum absolute atomic E-state index is 0.103. The van der Waals surface area contributed by atoms with E-state index >= 15 is 0 Å². The molecule has 1 heterocycles. The number of nitrogens with zero attached hydrogens (tertiary/aromatic N) is 3. The maximum absolute atomic E-state index is 13.4. The molecular formula is C25H31FN4O5. The highest BCUT2D eigenvalue weighted by Crippen LogP contribution is 2.20. The van der Waals surface area contributed by atoms with Gasteiger partial charge >= 0.3 is 0 Å². The molecule has 1 N–H and O–H groups in total. The predicted molar refractivity (Wildman–Crippen MR) is 130 cm³/mol. The number of ether oxygens (including phenoxy) is 2. The van der Waals surface area contributed by atoms with Crippen LogP contribution in [0.4, 0.5) is 15.8 Å². The van der Waals surface area contributed by atoms with E-state index in [0.717, 1.165) is 5.69 Å². The molecule has 2 aromatic rings. The predicted octanol–water partition coefficient (Wildman–Crippen LogP) is 1.85. The van der Waals surface area contributed by atoms with Crippen LogP contribution in [0.1, 0.15) is 10.4 Å². The molecule has 10 heteroatoms. The van der Waals surface area contributed by atoms with Crippen molar-refractivity contribution in [3.63, 3.8) is 0 Å². The number of benzene rings is 2. The molecule has 1 saturated heterocycles. The van der Waals surface area contributed by atoms with Gasteiger partial charge in [-0.2, -0.15) is 0 Å². The second kappa shape index (κ2) is 12.8. The number of carbonyl (C=O) groups excluding carboxylic acids is 3. The summed E-state index contributed by atoms with van der Waals surface area (Å²) in [6.45, 7) is 2.74. The first kappa shape index (κ1) is 26.1. The van der Waals surface area contributed by atoms with Gasteiger partial charge < -0.3 is 29.5 Å². The molecule has 3 amide bonds. The summed E-state index contributed by atoms with van der Waals surface area (Å²) in [6, 6.07) is 13.1. The lowest BCUT2D eigenvalue weighted by Crippen LogP contribution is -2.48. The average Bonchev–Trinajstić information content (AvgIpc) is 2.87. The third-order valence-electron chi connectivity index (χ3n) is 5.67. The van der Waals surface area contributed by atoms with Crippen LogP contribution in [0.15, 0.2) is 48.5 Å². The van der Waals surface area contributed by atoms with Crippen LogP contribution in [0.2, 0.25) is 0 Å². The van der Waals surface area contributed by atoms with Crippen molar-refractivity contribution >= 4 is 29.1 Å². The largest absolute Gasteiger partial charge is 0.383 e. The summed E-state index contributed by atoms with van der Waals surface area (Å²) >= 11 is 0. The monoisotopic (exact) mass is 486 g/mol. The molecular weight excluding hydrogens is 455 g/mol. The fraction of sp³-hybridized carbons (Fsp3) is 0.400. The molecule has 35 heavy (non-hydrogen) atoms. The van der Waals surface area contributed by atoms with Gasteiger partial charge in [0.2, 0.25) is 11.8 Å². The molecule has 2 aromatic carbocycles. The molecule has 1 fully saturated rings. The van der Waals surface area contributed by atoms with Crippen molar-refractivity contribution in [3.8, 4) is 0 Å². The number of anilines is 2. The van der Waals surface area contributed by atoms with Gasteiger partial charge in [0.1, 0.15) is 19.0 Å². The molecule has 1 aliphatic rings. The fourth-order valence-electron chi connectivity index (χ4n) is 3.81. The minimum Gasteiger partial charge on any atom is -0.383 e. The number of piperazine rings is 1. The molecule has 3 rings (SSSR count).